The second-order valence-corrected chi connectivity index (χ2v) is 11.9. The lowest BCUT2D eigenvalue weighted by molar-refractivity contribution is -0.141. The number of carboxylic acids is 1. The number of aliphatic carboxylic acids is 1. The number of aromatic nitrogens is 2. The molecule has 1 saturated heterocycles. The highest BCUT2D eigenvalue weighted by atomic mass is 32.2. The average molecular weight is 601 g/mol. The van der Waals surface area contributed by atoms with Gasteiger partial charge in [0.15, 0.2) is 0 Å². The molecule has 1 aliphatic heterocycles. The number of allylic oxidation sites excluding steroid dienone is 4. The average Bonchev–Trinajstić information content (AvgIpc) is 3.57. The molecule has 2 aromatic rings. The predicted molar refractivity (Wildman–Crippen MR) is 174 cm³/mol. The molecule has 1 fully saturated rings. The molecule has 2 atom stereocenters. The minimum Gasteiger partial charge on any atom is -0.480 e. The van der Waals surface area contributed by atoms with Crippen molar-refractivity contribution in [2.45, 2.75) is 60.0 Å². The van der Waals surface area contributed by atoms with Gasteiger partial charge in [0, 0.05) is 26.2 Å². The number of hydrogen-bond acceptors (Lipinski definition) is 5. The summed E-state index contributed by atoms with van der Waals surface area (Å²) in [6.45, 7) is 18.0. The first-order chi connectivity index (χ1) is 19.4. The number of carbonyl (C=O) groups is 2. The largest absolute Gasteiger partial charge is 0.480 e. The smallest absolute Gasteiger partial charge is 0.326 e. The van der Waals surface area contributed by atoms with E-state index in [9.17, 15) is 18.9 Å². The van der Waals surface area contributed by atoms with E-state index in [0.717, 1.165) is 5.52 Å². The van der Waals surface area contributed by atoms with Gasteiger partial charge < -0.3 is 14.6 Å². The van der Waals surface area contributed by atoms with Crippen molar-refractivity contribution in [1.82, 2.24) is 18.8 Å². The van der Waals surface area contributed by atoms with Crippen LogP contribution in [0.15, 0.2) is 64.8 Å². The maximum Gasteiger partial charge on any atom is 0.326 e. The summed E-state index contributed by atoms with van der Waals surface area (Å²) in [5, 5.41) is 11.2. The van der Waals surface area contributed by atoms with E-state index in [2.05, 4.69) is 50.9 Å². The summed E-state index contributed by atoms with van der Waals surface area (Å²) in [7, 11) is 2.23. The molecule has 8 nitrogen and oxygen atoms in total. The number of imidazole rings is 1. The second kappa shape index (κ2) is 19.6. The summed E-state index contributed by atoms with van der Waals surface area (Å²) >= 11 is 1.32. The summed E-state index contributed by atoms with van der Waals surface area (Å²) in [6.07, 6.45) is 14.8. The molecule has 1 aromatic heterocycles. The first-order valence-corrected chi connectivity index (χ1v) is 15.0. The van der Waals surface area contributed by atoms with Crippen molar-refractivity contribution in [3.63, 3.8) is 0 Å². The summed E-state index contributed by atoms with van der Waals surface area (Å²) < 4.78 is 16.7. The third-order valence-corrected chi connectivity index (χ3v) is 8.25. The lowest BCUT2D eigenvalue weighted by Crippen LogP contribution is -2.40. The SMILES string of the molecule is C#C.C=C(S/C=C\C)S(=O)N(C)Cc1nc2cc(C(=O)N3CCCC3C(=O)O)ccc2n1C.C=CC.CC=C(C)C. The molecule has 0 spiro atoms. The number of fused-ring (bicyclic) bond motifs is 1. The van der Waals surface area contributed by atoms with Crippen LogP contribution in [0.4, 0.5) is 0 Å². The van der Waals surface area contributed by atoms with Gasteiger partial charge in [-0.05, 0) is 71.1 Å². The van der Waals surface area contributed by atoms with E-state index in [4.69, 9.17) is 0 Å². The van der Waals surface area contributed by atoms with Crippen molar-refractivity contribution < 1.29 is 18.9 Å². The fraction of sp³-hybridized carbons (Fsp3) is 0.387. The lowest BCUT2D eigenvalue weighted by atomic mass is 10.1. The third kappa shape index (κ3) is 11.6. The topological polar surface area (TPSA) is 95.7 Å². The van der Waals surface area contributed by atoms with Gasteiger partial charge >= 0.3 is 5.97 Å². The van der Waals surface area contributed by atoms with Crippen molar-refractivity contribution in [2.75, 3.05) is 13.6 Å². The van der Waals surface area contributed by atoms with Crippen molar-refractivity contribution in [3.05, 3.63) is 76.2 Å². The number of aryl methyl sites for hydroxylation is 1. The Bertz CT molecular complexity index is 1290. The van der Waals surface area contributed by atoms with Gasteiger partial charge in [0.1, 0.15) is 22.9 Å². The van der Waals surface area contributed by atoms with E-state index in [0.29, 0.717) is 47.1 Å². The van der Waals surface area contributed by atoms with Crippen LogP contribution in [0.5, 0.6) is 0 Å². The Morgan fingerprint density at radius 2 is 1.85 bits per heavy atom. The Kier molecular flexibility index (Phi) is 18.0. The fourth-order valence-corrected chi connectivity index (χ4v) is 5.32. The van der Waals surface area contributed by atoms with Crippen LogP contribution in [0.1, 0.15) is 63.6 Å². The normalized spacial score (nSPS) is 14.6. The van der Waals surface area contributed by atoms with Gasteiger partial charge in [-0.1, -0.05) is 42.1 Å². The Balaban J connectivity index is 0.00000140. The number of rotatable bonds is 8. The van der Waals surface area contributed by atoms with E-state index in [1.54, 1.807) is 29.6 Å². The van der Waals surface area contributed by atoms with Gasteiger partial charge in [-0.3, -0.25) is 4.79 Å². The van der Waals surface area contributed by atoms with E-state index in [1.165, 1.54) is 22.2 Å². The summed E-state index contributed by atoms with van der Waals surface area (Å²) in [5.41, 5.74) is 3.27. The molecule has 3 rings (SSSR count). The van der Waals surface area contributed by atoms with Crippen LogP contribution in [0.3, 0.4) is 0 Å². The maximum atomic E-state index is 12.9. The van der Waals surface area contributed by atoms with Crippen molar-refractivity contribution in [3.8, 4) is 12.8 Å². The van der Waals surface area contributed by atoms with Crippen molar-refractivity contribution in [1.29, 1.82) is 0 Å². The summed E-state index contributed by atoms with van der Waals surface area (Å²) in [6, 6.07) is 4.42. The molecule has 1 N–H and O–H groups in total. The number of thioether (sulfide) groups is 1. The second-order valence-electron chi connectivity index (χ2n) is 9.05. The third-order valence-electron chi connectivity index (χ3n) is 5.77. The molecule has 2 heterocycles. The minimum absolute atomic E-state index is 0.297. The van der Waals surface area contributed by atoms with E-state index in [1.807, 2.05) is 49.9 Å². The highest BCUT2D eigenvalue weighted by Gasteiger charge is 2.34. The molecule has 0 radical (unpaired) electrons. The molecule has 224 valence electrons. The molecule has 0 saturated carbocycles. The van der Waals surface area contributed by atoms with Crippen LogP contribution < -0.4 is 0 Å². The number of nitrogens with zero attached hydrogens (tertiary/aromatic N) is 4. The molecule has 2 unspecified atom stereocenters. The number of carboxylic acid groups (broad SMARTS) is 1. The van der Waals surface area contributed by atoms with Gasteiger partial charge in [0.25, 0.3) is 5.91 Å². The van der Waals surface area contributed by atoms with Crippen LogP contribution in [-0.2, 0) is 29.4 Å². The first-order valence-electron chi connectivity index (χ1n) is 13.0. The fourth-order valence-electron chi connectivity index (χ4n) is 3.57. The zero-order chi connectivity index (χ0) is 31.7. The van der Waals surface area contributed by atoms with Gasteiger partial charge in [0.05, 0.1) is 21.8 Å². The molecule has 41 heavy (non-hydrogen) atoms. The highest BCUT2D eigenvalue weighted by Crippen LogP contribution is 2.25. The molecule has 10 heteroatoms. The van der Waals surface area contributed by atoms with Crippen molar-refractivity contribution in [2.24, 2.45) is 7.05 Å². The van der Waals surface area contributed by atoms with Crippen LogP contribution in [0.2, 0.25) is 0 Å². The minimum atomic E-state index is -1.38. The van der Waals surface area contributed by atoms with Crippen molar-refractivity contribution >= 4 is 45.7 Å². The molecular weight excluding hydrogens is 556 g/mol. The molecule has 1 aliphatic rings. The standard InChI is InChI=1S/C21H26N4O4S2.C5H10.C3H6.C2H2/c1-5-11-30-14(2)31(29)23(3)13-19-22-16-12-15(8-9-17(16)24(19)4)20(26)25-10-6-7-18(25)21(27)28;1-4-5(2)3;1-3-2;1-2/h5,8-9,11-12,18H,2,6-7,10,13H2,1,3-4H3,(H,27,28);4H,1-3H3;3H,1H2,2H3;1-2H/b11-5-;;;. The molecular formula is C31H44N4O4S2. The lowest BCUT2D eigenvalue weighted by Gasteiger charge is -2.21. The monoisotopic (exact) mass is 600 g/mol. The summed E-state index contributed by atoms with van der Waals surface area (Å²) in [5.74, 6) is -0.573. The van der Waals surface area contributed by atoms with Gasteiger partial charge in [-0.2, -0.15) is 0 Å². The molecule has 1 aromatic carbocycles. The number of likely N-dealkylation sites (tertiary alicyclic amines) is 1. The number of benzene rings is 1. The number of terminal acetylenes is 1. The number of hydrogen-bond donors (Lipinski definition) is 1. The summed E-state index contributed by atoms with van der Waals surface area (Å²) in [4.78, 5) is 30.4. The maximum absolute atomic E-state index is 12.9. The molecule has 0 aliphatic carbocycles. The Labute approximate surface area is 252 Å². The number of amides is 1. The van der Waals surface area contributed by atoms with Gasteiger partial charge in [-0.25, -0.2) is 18.3 Å². The molecule has 1 amide bonds. The zero-order valence-corrected chi connectivity index (χ0v) is 26.9. The van der Waals surface area contributed by atoms with E-state index < -0.39 is 23.0 Å². The predicted octanol–water partition coefficient (Wildman–Crippen LogP) is 6.51. The van der Waals surface area contributed by atoms with Crippen LogP contribution in [-0.4, -0.2) is 59.6 Å². The van der Waals surface area contributed by atoms with Crippen LogP contribution >= 0.6 is 11.8 Å². The zero-order valence-electron chi connectivity index (χ0n) is 25.3. The van der Waals surface area contributed by atoms with Crippen LogP contribution in [0, 0.1) is 12.8 Å². The van der Waals surface area contributed by atoms with E-state index >= 15 is 0 Å². The number of carbonyl (C=O) groups excluding carboxylic acids is 1. The quantitative estimate of drug-likeness (QED) is 0.274. The van der Waals surface area contributed by atoms with E-state index in [-0.39, 0.29) is 5.91 Å². The van der Waals surface area contributed by atoms with Gasteiger partial charge in [-0.15, -0.1) is 19.4 Å². The van der Waals surface area contributed by atoms with Gasteiger partial charge in [0.2, 0.25) is 0 Å². The van der Waals surface area contributed by atoms with Crippen LogP contribution in [0.25, 0.3) is 11.0 Å². The Hall–Kier alpha value is -3.39. The first kappa shape index (κ1) is 37.6. The molecule has 0 bridgehead atoms. The highest BCUT2D eigenvalue weighted by molar-refractivity contribution is 8.17. The Morgan fingerprint density at radius 3 is 2.37 bits per heavy atom. The Morgan fingerprint density at radius 1 is 1.27 bits per heavy atom.